The molecule has 0 bridgehead atoms. The molecule has 2 rings (SSSR count). The van der Waals surface area contributed by atoms with Gasteiger partial charge in [0.25, 0.3) is 0 Å². The average molecular weight is 251 g/mol. The van der Waals surface area contributed by atoms with E-state index in [-0.39, 0.29) is 5.54 Å². The molecular weight excluding hydrogens is 232 g/mol. The van der Waals surface area contributed by atoms with Crippen LogP contribution in [-0.2, 0) is 12.6 Å². The topological polar surface area (TPSA) is 30.9 Å². The van der Waals surface area contributed by atoms with Gasteiger partial charge >= 0.3 is 0 Å². The molecule has 0 atom stereocenters. The molecule has 3 heteroatoms. The molecule has 2 N–H and O–H groups in total. The number of nitrogens with two attached hydrogens (primary N) is 1. The van der Waals surface area contributed by atoms with Crippen LogP contribution in [0.3, 0.4) is 0 Å². The summed E-state index contributed by atoms with van der Waals surface area (Å²) in [6, 6.07) is 4.04. The first-order valence-corrected chi connectivity index (χ1v) is 6.16. The maximum atomic E-state index is 6.26. The predicted molar refractivity (Wildman–Crippen MR) is 74.6 cm³/mol. The van der Waals surface area contributed by atoms with Gasteiger partial charge in [-0.3, -0.25) is 0 Å². The van der Waals surface area contributed by atoms with Gasteiger partial charge in [0.1, 0.15) is 0 Å². The highest BCUT2D eigenvalue weighted by atomic mass is 35.5. The predicted octanol–water partition coefficient (Wildman–Crippen LogP) is 3.64. The molecule has 17 heavy (non-hydrogen) atoms. The van der Waals surface area contributed by atoms with Gasteiger partial charge in [0, 0.05) is 23.2 Å². The van der Waals surface area contributed by atoms with E-state index in [1.807, 2.05) is 19.9 Å². The molecule has 0 saturated carbocycles. The lowest BCUT2D eigenvalue weighted by molar-refractivity contribution is 0.513. The summed E-state index contributed by atoms with van der Waals surface area (Å²) in [7, 11) is 2.06. The maximum Gasteiger partial charge on any atom is 0.0527 e. The molecule has 0 aliphatic rings. The summed E-state index contributed by atoms with van der Waals surface area (Å²) >= 11 is 6.19. The molecule has 0 aliphatic carbocycles. The zero-order valence-corrected chi connectivity index (χ0v) is 11.8. The summed E-state index contributed by atoms with van der Waals surface area (Å²) in [6.07, 6.45) is 0. The Bertz CT molecular complexity index is 589. The Hall–Kier alpha value is -0.990. The van der Waals surface area contributed by atoms with Crippen LogP contribution >= 0.6 is 11.6 Å². The quantitative estimate of drug-likeness (QED) is 0.823. The fourth-order valence-electron chi connectivity index (χ4n) is 2.82. The molecule has 1 aromatic carbocycles. The molecule has 2 nitrogen and oxygen atoms in total. The van der Waals surface area contributed by atoms with Crippen molar-refractivity contribution >= 4 is 22.5 Å². The van der Waals surface area contributed by atoms with E-state index in [2.05, 4.69) is 31.5 Å². The fourth-order valence-corrected chi connectivity index (χ4v) is 2.97. The Balaban J connectivity index is 2.96. The van der Waals surface area contributed by atoms with Crippen LogP contribution < -0.4 is 5.73 Å². The Morgan fingerprint density at radius 2 is 1.76 bits per heavy atom. The summed E-state index contributed by atoms with van der Waals surface area (Å²) in [6.45, 7) is 8.24. The lowest BCUT2D eigenvalue weighted by atomic mass is 9.97. The van der Waals surface area contributed by atoms with E-state index >= 15 is 0 Å². The Labute approximate surface area is 107 Å². The lowest BCUT2D eigenvalue weighted by Crippen LogP contribution is -2.31. The van der Waals surface area contributed by atoms with Gasteiger partial charge in [-0.2, -0.15) is 0 Å². The van der Waals surface area contributed by atoms with E-state index in [9.17, 15) is 0 Å². The number of rotatable bonds is 1. The van der Waals surface area contributed by atoms with Crippen molar-refractivity contribution in [2.75, 3.05) is 0 Å². The number of hydrogen-bond acceptors (Lipinski definition) is 1. The minimum Gasteiger partial charge on any atom is -0.345 e. The number of benzene rings is 1. The van der Waals surface area contributed by atoms with E-state index in [4.69, 9.17) is 17.3 Å². The van der Waals surface area contributed by atoms with Crippen LogP contribution in [0.5, 0.6) is 0 Å². The largest absolute Gasteiger partial charge is 0.345 e. The van der Waals surface area contributed by atoms with Gasteiger partial charge in [-0.15, -0.1) is 0 Å². The lowest BCUT2D eigenvalue weighted by Gasteiger charge is -2.21. The van der Waals surface area contributed by atoms with Crippen molar-refractivity contribution < 1.29 is 0 Å². The highest BCUT2D eigenvalue weighted by Crippen LogP contribution is 2.34. The van der Waals surface area contributed by atoms with Gasteiger partial charge in [0.15, 0.2) is 0 Å². The monoisotopic (exact) mass is 250 g/mol. The number of aryl methyl sites for hydroxylation is 3. The van der Waals surface area contributed by atoms with Gasteiger partial charge in [0.2, 0.25) is 0 Å². The summed E-state index contributed by atoms with van der Waals surface area (Å²) in [5.74, 6) is 0. The van der Waals surface area contributed by atoms with E-state index < -0.39 is 0 Å². The number of halogens is 1. The molecular formula is C14H19ClN2. The second-order valence-corrected chi connectivity index (χ2v) is 5.73. The molecule has 0 fully saturated rings. The number of nitrogens with zero attached hydrogens (tertiary/aromatic N) is 1. The molecule has 92 valence electrons. The minimum absolute atomic E-state index is 0.350. The first-order chi connectivity index (χ1) is 7.75. The fraction of sp³-hybridized carbons (Fsp3) is 0.429. The SMILES string of the molecule is Cc1c(C(C)(C)N)n(C)c2c(C)c(Cl)ccc12. The molecule has 0 amide bonds. The average Bonchev–Trinajstić information content (AvgIpc) is 2.44. The van der Waals surface area contributed by atoms with Crippen LogP contribution in [0.25, 0.3) is 10.9 Å². The smallest absolute Gasteiger partial charge is 0.0527 e. The molecule has 0 saturated heterocycles. The molecule has 0 spiro atoms. The third kappa shape index (κ3) is 1.76. The molecule has 0 radical (unpaired) electrons. The second kappa shape index (κ2) is 3.76. The van der Waals surface area contributed by atoms with Crippen molar-refractivity contribution in [1.29, 1.82) is 0 Å². The van der Waals surface area contributed by atoms with Gasteiger partial charge in [-0.25, -0.2) is 0 Å². The molecule has 1 heterocycles. The highest BCUT2D eigenvalue weighted by molar-refractivity contribution is 6.32. The zero-order chi connectivity index (χ0) is 13.0. The molecule has 1 aromatic heterocycles. The number of hydrogen-bond donors (Lipinski definition) is 1. The van der Waals surface area contributed by atoms with Crippen molar-refractivity contribution in [2.24, 2.45) is 12.8 Å². The van der Waals surface area contributed by atoms with Crippen LogP contribution in [0.4, 0.5) is 0 Å². The van der Waals surface area contributed by atoms with Gasteiger partial charge in [0.05, 0.1) is 11.1 Å². The van der Waals surface area contributed by atoms with Crippen LogP contribution in [-0.4, -0.2) is 4.57 Å². The van der Waals surface area contributed by atoms with Gasteiger partial charge < -0.3 is 10.3 Å². The van der Waals surface area contributed by atoms with Crippen LogP contribution in [0.15, 0.2) is 12.1 Å². The van der Waals surface area contributed by atoms with Crippen molar-refractivity contribution in [3.05, 3.63) is 34.0 Å². The standard InChI is InChI=1S/C14H19ClN2/c1-8-10-6-7-11(15)9(2)12(10)17(5)13(8)14(3,4)16/h6-7H,16H2,1-5H3. The molecule has 2 aromatic rings. The van der Waals surface area contributed by atoms with Crippen molar-refractivity contribution in [3.63, 3.8) is 0 Å². The van der Waals surface area contributed by atoms with Crippen molar-refractivity contribution in [1.82, 2.24) is 4.57 Å². The Morgan fingerprint density at radius 3 is 2.29 bits per heavy atom. The van der Waals surface area contributed by atoms with Crippen LogP contribution in [0.2, 0.25) is 5.02 Å². The zero-order valence-electron chi connectivity index (χ0n) is 11.1. The van der Waals surface area contributed by atoms with Gasteiger partial charge in [-0.05, 0) is 44.9 Å². The number of aromatic nitrogens is 1. The summed E-state index contributed by atoms with van der Waals surface area (Å²) in [5, 5.41) is 2.04. The van der Waals surface area contributed by atoms with E-state index in [0.717, 1.165) is 16.3 Å². The third-order valence-corrected chi connectivity index (χ3v) is 3.81. The third-order valence-electron chi connectivity index (χ3n) is 3.41. The normalized spacial score (nSPS) is 12.4. The second-order valence-electron chi connectivity index (χ2n) is 5.32. The summed E-state index contributed by atoms with van der Waals surface area (Å²) < 4.78 is 2.17. The Kier molecular flexibility index (Phi) is 2.75. The first-order valence-electron chi connectivity index (χ1n) is 5.78. The van der Waals surface area contributed by atoms with Crippen LogP contribution in [0, 0.1) is 13.8 Å². The number of fused-ring (bicyclic) bond motifs is 1. The summed E-state index contributed by atoms with van der Waals surface area (Å²) in [4.78, 5) is 0. The Morgan fingerprint density at radius 1 is 1.18 bits per heavy atom. The van der Waals surface area contributed by atoms with Gasteiger partial charge in [-0.1, -0.05) is 17.7 Å². The first kappa shape index (κ1) is 12.5. The molecule has 0 unspecified atom stereocenters. The van der Waals surface area contributed by atoms with Crippen molar-refractivity contribution in [3.8, 4) is 0 Å². The van der Waals surface area contributed by atoms with Crippen molar-refractivity contribution in [2.45, 2.75) is 33.2 Å². The maximum absolute atomic E-state index is 6.26. The van der Waals surface area contributed by atoms with E-state index in [0.29, 0.717) is 0 Å². The highest BCUT2D eigenvalue weighted by Gasteiger charge is 2.24. The van der Waals surface area contributed by atoms with E-state index in [1.54, 1.807) is 0 Å². The summed E-state index contributed by atoms with van der Waals surface area (Å²) in [5.41, 5.74) is 10.6. The van der Waals surface area contributed by atoms with E-state index in [1.165, 1.54) is 16.5 Å². The minimum atomic E-state index is -0.350. The van der Waals surface area contributed by atoms with Crippen LogP contribution in [0.1, 0.15) is 30.7 Å². The molecule has 0 aliphatic heterocycles.